The molecular weight excluding hydrogens is 190 g/mol. The van der Waals surface area contributed by atoms with Gasteiger partial charge in [-0.2, -0.15) is 0 Å². The van der Waals surface area contributed by atoms with Crippen molar-refractivity contribution in [2.45, 2.75) is 26.3 Å². The van der Waals surface area contributed by atoms with Crippen LogP contribution in [0, 0.1) is 12.8 Å². The molecule has 86 valence electrons. The van der Waals surface area contributed by atoms with Crippen LogP contribution in [0.1, 0.15) is 30.9 Å². The van der Waals surface area contributed by atoms with Gasteiger partial charge in [-0.1, -0.05) is 6.92 Å². The van der Waals surface area contributed by atoms with E-state index in [0.717, 1.165) is 17.9 Å². The van der Waals surface area contributed by atoms with Crippen LogP contribution in [-0.2, 0) is 0 Å². The van der Waals surface area contributed by atoms with Crippen LogP contribution in [0.2, 0.25) is 0 Å². The largest absolute Gasteiger partial charge is 0.465 e. The number of furan rings is 1. The molecule has 0 amide bonds. The fourth-order valence-corrected chi connectivity index (χ4v) is 1.97. The number of hydrogen-bond acceptors (Lipinski definition) is 3. The van der Waals surface area contributed by atoms with E-state index in [1.54, 1.807) is 0 Å². The number of aliphatic hydroxyl groups excluding tert-OH is 1. The van der Waals surface area contributed by atoms with Crippen LogP contribution >= 0.6 is 0 Å². The molecule has 1 aromatic rings. The first-order valence-corrected chi connectivity index (χ1v) is 5.43. The van der Waals surface area contributed by atoms with Gasteiger partial charge < -0.3 is 9.52 Å². The second-order valence-corrected chi connectivity index (χ2v) is 4.21. The highest BCUT2D eigenvalue weighted by Crippen LogP contribution is 2.29. The fraction of sp³-hybridized carbons (Fsp3) is 0.667. The second-order valence-electron chi connectivity index (χ2n) is 4.21. The summed E-state index contributed by atoms with van der Waals surface area (Å²) in [5.74, 6) is 2.09. The van der Waals surface area contributed by atoms with E-state index in [1.165, 1.54) is 0 Å². The normalized spacial score (nSPS) is 15.6. The molecule has 15 heavy (non-hydrogen) atoms. The van der Waals surface area contributed by atoms with Crippen molar-refractivity contribution >= 4 is 0 Å². The SMILES string of the molecule is CCC(CO)C(c1ccc(C)o1)N(C)C. The first-order chi connectivity index (χ1) is 7.10. The monoisotopic (exact) mass is 211 g/mol. The molecule has 1 rings (SSSR count). The molecular formula is C12H21NO2. The standard InChI is InChI=1S/C12H21NO2/c1-5-10(8-14)12(13(3)4)11-7-6-9(2)15-11/h6-7,10,12,14H,5,8H2,1-4H3. The molecule has 3 nitrogen and oxygen atoms in total. The molecule has 1 N–H and O–H groups in total. The van der Waals surface area contributed by atoms with Crippen LogP contribution in [0.3, 0.4) is 0 Å². The minimum atomic E-state index is 0.161. The van der Waals surface area contributed by atoms with Gasteiger partial charge in [-0.15, -0.1) is 0 Å². The highest BCUT2D eigenvalue weighted by Gasteiger charge is 2.25. The molecule has 1 aromatic heterocycles. The lowest BCUT2D eigenvalue weighted by Crippen LogP contribution is -2.28. The van der Waals surface area contributed by atoms with Crippen molar-refractivity contribution in [2.24, 2.45) is 5.92 Å². The van der Waals surface area contributed by atoms with E-state index in [4.69, 9.17) is 4.42 Å². The summed E-state index contributed by atoms with van der Waals surface area (Å²) in [5.41, 5.74) is 0. The molecule has 0 aliphatic carbocycles. The summed E-state index contributed by atoms with van der Waals surface area (Å²) in [6.07, 6.45) is 0.944. The van der Waals surface area contributed by atoms with Gasteiger partial charge in [0.1, 0.15) is 11.5 Å². The maximum Gasteiger partial charge on any atom is 0.121 e. The van der Waals surface area contributed by atoms with Crippen molar-refractivity contribution in [1.29, 1.82) is 0 Å². The molecule has 0 aromatic carbocycles. The summed E-state index contributed by atoms with van der Waals surface area (Å²) in [4.78, 5) is 2.10. The molecule has 0 aliphatic heterocycles. The van der Waals surface area contributed by atoms with Gasteiger partial charge in [0.15, 0.2) is 0 Å². The lowest BCUT2D eigenvalue weighted by molar-refractivity contribution is 0.114. The number of hydrogen-bond donors (Lipinski definition) is 1. The fourth-order valence-electron chi connectivity index (χ4n) is 1.97. The first kappa shape index (κ1) is 12.3. The average Bonchev–Trinajstić information content (AvgIpc) is 2.59. The molecule has 0 radical (unpaired) electrons. The molecule has 0 fully saturated rings. The van der Waals surface area contributed by atoms with Gasteiger partial charge in [0.25, 0.3) is 0 Å². The van der Waals surface area contributed by atoms with E-state index in [-0.39, 0.29) is 18.6 Å². The Kier molecular flexibility index (Phi) is 4.36. The lowest BCUT2D eigenvalue weighted by atomic mass is 9.95. The third-order valence-corrected chi connectivity index (χ3v) is 2.81. The quantitative estimate of drug-likeness (QED) is 0.811. The average molecular weight is 211 g/mol. The minimum absolute atomic E-state index is 0.161. The number of nitrogens with zero attached hydrogens (tertiary/aromatic N) is 1. The molecule has 2 atom stereocenters. The summed E-state index contributed by atoms with van der Waals surface area (Å²) in [5, 5.41) is 9.35. The van der Waals surface area contributed by atoms with Crippen molar-refractivity contribution in [3.63, 3.8) is 0 Å². The van der Waals surface area contributed by atoms with Crippen LogP contribution in [0.4, 0.5) is 0 Å². The molecule has 3 heteroatoms. The van der Waals surface area contributed by atoms with E-state index in [9.17, 15) is 5.11 Å². The Morgan fingerprint density at radius 2 is 2.07 bits per heavy atom. The first-order valence-electron chi connectivity index (χ1n) is 5.43. The summed E-state index contributed by atoms with van der Waals surface area (Å²) in [7, 11) is 4.03. The van der Waals surface area contributed by atoms with Crippen molar-refractivity contribution < 1.29 is 9.52 Å². The van der Waals surface area contributed by atoms with Crippen LogP contribution in [0.25, 0.3) is 0 Å². The summed E-state index contributed by atoms with van der Waals surface area (Å²) >= 11 is 0. The molecule has 0 bridgehead atoms. The highest BCUT2D eigenvalue weighted by molar-refractivity contribution is 5.10. The van der Waals surface area contributed by atoms with Gasteiger partial charge in [-0.05, 0) is 39.6 Å². The van der Waals surface area contributed by atoms with Crippen LogP contribution in [0.5, 0.6) is 0 Å². The Morgan fingerprint density at radius 1 is 1.40 bits per heavy atom. The molecule has 2 unspecified atom stereocenters. The number of aliphatic hydroxyl groups is 1. The zero-order valence-electron chi connectivity index (χ0n) is 10.0. The van der Waals surface area contributed by atoms with Crippen LogP contribution in [-0.4, -0.2) is 30.7 Å². The second kappa shape index (κ2) is 5.33. The van der Waals surface area contributed by atoms with Crippen LogP contribution < -0.4 is 0 Å². The van der Waals surface area contributed by atoms with Crippen molar-refractivity contribution in [1.82, 2.24) is 4.90 Å². The van der Waals surface area contributed by atoms with E-state index >= 15 is 0 Å². The summed E-state index contributed by atoms with van der Waals surface area (Å²) in [6, 6.07) is 4.13. The van der Waals surface area contributed by atoms with Gasteiger partial charge in [-0.25, -0.2) is 0 Å². The van der Waals surface area contributed by atoms with Crippen LogP contribution in [0.15, 0.2) is 16.5 Å². The third-order valence-electron chi connectivity index (χ3n) is 2.81. The van der Waals surface area contributed by atoms with E-state index in [1.807, 2.05) is 33.2 Å². The van der Waals surface area contributed by atoms with Crippen molar-refractivity contribution in [3.05, 3.63) is 23.7 Å². The van der Waals surface area contributed by atoms with Crippen molar-refractivity contribution in [3.8, 4) is 0 Å². The van der Waals surface area contributed by atoms with E-state index < -0.39 is 0 Å². The molecule has 1 heterocycles. The van der Waals surface area contributed by atoms with Gasteiger partial charge >= 0.3 is 0 Å². The summed E-state index contributed by atoms with van der Waals surface area (Å²) in [6.45, 7) is 4.22. The van der Waals surface area contributed by atoms with Crippen molar-refractivity contribution in [2.75, 3.05) is 20.7 Å². The topological polar surface area (TPSA) is 36.6 Å². The molecule has 0 spiro atoms. The Hall–Kier alpha value is -0.800. The van der Waals surface area contributed by atoms with E-state index in [0.29, 0.717) is 0 Å². The zero-order chi connectivity index (χ0) is 11.4. The Morgan fingerprint density at radius 3 is 2.40 bits per heavy atom. The molecule has 0 saturated carbocycles. The Labute approximate surface area is 91.7 Å². The molecule has 0 aliphatic rings. The van der Waals surface area contributed by atoms with Gasteiger partial charge in [0, 0.05) is 12.5 Å². The maximum atomic E-state index is 9.35. The molecule has 0 saturated heterocycles. The summed E-state index contributed by atoms with van der Waals surface area (Å²) < 4.78 is 5.64. The van der Waals surface area contributed by atoms with Gasteiger partial charge in [-0.3, -0.25) is 4.90 Å². The van der Waals surface area contributed by atoms with Gasteiger partial charge in [0.2, 0.25) is 0 Å². The predicted octanol–water partition coefficient (Wildman–Crippen LogP) is 2.21. The van der Waals surface area contributed by atoms with Gasteiger partial charge in [0.05, 0.1) is 6.04 Å². The minimum Gasteiger partial charge on any atom is -0.465 e. The highest BCUT2D eigenvalue weighted by atomic mass is 16.3. The number of aryl methyl sites for hydroxylation is 1. The lowest BCUT2D eigenvalue weighted by Gasteiger charge is -2.28. The third kappa shape index (κ3) is 2.83. The Bertz CT molecular complexity index is 290. The van der Waals surface area contributed by atoms with E-state index in [2.05, 4.69) is 11.8 Å². The maximum absolute atomic E-state index is 9.35. The Balaban J connectivity index is 2.91. The smallest absolute Gasteiger partial charge is 0.121 e. The predicted molar refractivity (Wildman–Crippen MR) is 60.7 cm³/mol. The zero-order valence-corrected chi connectivity index (χ0v) is 10.0. The number of rotatable bonds is 5.